The molecule has 0 spiro atoms. The lowest BCUT2D eigenvalue weighted by Crippen LogP contribution is -2.43. The summed E-state index contributed by atoms with van der Waals surface area (Å²) in [6.07, 6.45) is 0.260. The highest BCUT2D eigenvalue weighted by atomic mass is 32.2. The zero-order chi connectivity index (χ0) is 20.9. The second-order valence-corrected chi connectivity index (χ2v) is 10.1. The molecule has 0 aliphatic rings. The second-order valence-electron chi connectivity index (χ2n) is 7.06. The summed E-state index contributed by atoms with van der Waals surface area (Å²) >= 11 is 1.32. The maximum Gasteiger partial charge on any atom is 0.324 e. The highest BCUT2D eigenvalue weighted by Crippen LogP contribution is 2.17. The van der Waals surface area contributed by atoms with E-state index in [1.807, 2.05) is 33.8 Å². The molecular weight excluding hydrogens is 398 g/mol. The van der Waals surface area contributed by atoms with Crippen molar-refractivity contribution in [3.8, 4) is 0 Å². The summed E-state index contributed by atoms with van der Waals surface area (Å²) < 4.78 is 32.8. The molecule has 0 fully saturated rings. The van der Waals surface area contributed by atoms with Gasteiger partial charge in [-0.1, -0.05) is 31.5 Å². The van der Waals surface area contributed by atoms with Crippen molar-refractivity contribution in [2.45, 2.75) is 45.1 Å². The largest absolute Gasteiger partial charge is 0.456 e. The third-order valence-corrected chi connectivity index (χ3v) is 6.51. The van der Waals surface area contributed by atoms with Gasteiger partial charge in [-0.15, -0.1) is 11.3 Å². The fraction of sp³-hybridized carbons (Fsp3) is 0.400. The topological polar surface area (TPSA) is 89.5 Å². The third kappa shape index (κ3) is 6.25. The Balaban J connectivity index is 2.08. The number of thiophene rings is 1. The quantitative estimate of drug-likeness (QED) is 0.493. The monoisotopic (exact) mass is 423 g/mol. The number of carbonyl (C=O) groups is 2. The molecular formula is C20H25NO5S2. The van der Waals surface area contributed by atoms with Gasteiger partial charge in [0.1, 0.15) is 6.04 Å². The van der Waals surface area contributed by atoms with E-state index >= 15 is 0 Å². The first-order valence-corrected chi connectivity index (χ1v) is 11.2. The van der Waals surface area contributed by atoms with Crippen LogP contribution in [0.25, 0.3) is 0 Å². The van der Waals surface area contributed by atoms with Crippen molar-refractivity contribution in [3.63, 3.8) is 0 Å². The number of rotatable bonds is 9. The number of esters is 1. The molecule has 28 heavy (non-hydrogen) atoms. The molecule has 0 bridgehead atoms. The zero-order valence-electron chi connectivity index (χ0n) is 16.4. The molecule has 1 N–H and O–H groups in total. The minimum absolute atomic E-state index is 0.0499. The molecule has 0 radical (unpaired) electrons. The normalized spacial score (nSPS) is 12.8. The highest BCUT2D eigenvalue weighted by molar-refractivity contribution is 7.89. The van der Waals surface area contributed by atoms with E-state index in [1.54, 1.807) is 18.2 Å². The number of nitrogens with one attached hydrogen (secondary N) is 1. The smallest absolute Gasteiger partial charge is 0.324 e. The second kappa shape index (κ2) is 9.45. The standard InChI is InChI=1S/C20H25NO5S2/c1-13(2)11-17(21-28(24,25)16-8-5-14(3)6-9-16)20(23)26-12-18(22)19-10-7-15(4)27-19/h5-10,13,17,21H,11-12H2,1-4H3/t17-/m1/s1. The van der Waals surface area contributed by atoms with Crippen molar-refractivity contribution >= 4 is 33.1 Å². The van der Waals surface area contributed by atoms with E-state index in [9.17, 15) is 18.0 Å². The zero-order valence-corrected chi connectivity index (χ0v) is 18.0. The van der Waals surface area contributed by atoms with Gasteiger partial charge in [0, 0.05) is 4.88 Å². The van der Waals surface area contributed by atoms with Crippen LogP contribution in [0.2, 0.25) is 0 Å². The molecule has 1 aromatic heterocycles. The van der Waals surface area contributed by atoms with E-state index < -0.39 is 28.6 Å². The summed E-state index contributed by atoms with van der Waals surface area (Å²) in [4.78, 5) is 26.2. The molecule has 0 unspecified atom stereocenters. The highest BCUT2D eigenvalue weighted by Gasteiger charge is 2.28. The third-order valence-electron chi connectivity index (χ3n) is 3.98. The molecule has 8 heteroatoms. The van der Waals surface area contributed by atoms with E-state index in [1.165, 1.54) is 23.5 Å². The number of hydrogen-bond acceptors (Lipinski definition) is 6. The fourth-order valence-electron chi connectivity index (χ4n) is 2.53. The lowest BCUT2D eigenvalue weighted by atomic mass is 10.1. The van der Waals surface area contributed by atoms with Crippen LogP contribution in [0.5, 0.6) is 0 Å². The predicted octanol–water partition coefficient (Wildman–Crippen LogP) is 3.48. The number of ketones is 1. The van der Waals surface area contributed by atoms with E-state index in [-0.39, 0.29) is 23.0 Å². The van der Waals surface area contributed by atoms with Gasteiger partial charge < -0.3 is 4.74 Å². The Morgan fingerprint density at radius 3 is 2.25 bits per heavy atom. The van der Waals surface area contributed by atoms with Gasteiger partial charge in [0.05, 0.1) is 9.77 Å². The summed E-state index contributed by atoms with van der Waals surface area (Å²) in [7, 11) is -3.89. The van der Waals surface area contributed by atoms with Crippen LogP contribution in [0.15, 0.2) is 41.3 Å². The summed E-state index contributed by atoms with van der Waals surface area (Å²) in [5.41, 5.74) is 0.930. The SMILES string of the molecule is Cc1ccc(S(=O)(=O)N[C@H](CC(C)C)C(=O)OCC(=O)c2ccc(C)s2)cc1. The van der Waals surface area contributed by atoms with Gasteiger partial charge >= 0.3 is 5.97 Å². The molecule has 1 heterocycles. The first kappa shape index (κ1) is 22.3. The molecule has 0 saturated heterocycles. The lowest BCUT2D eigenvalue weighted by Gasteiger charge is -2.19. The number of sulfonamides is 1. The van der Waals surface area contributed by atoms with E-state index in [4.69, 9.17) is 4.74 Å². The number of ether oxygens (including phenoxy) is 1. The summed E-state index contributed by atoms with van der Waals surface area (Å²) in [5.74, 6) is -1.02. The molecule has 0 aliphatic carbocycles. The van der Waals surface area contributed by atoms with Gasteiger partial charge in [-0.25, -0.2) is 8.42 Å². The van der Waals surface area contributed by atoms with Crippen molar-refractivity contribution in [3.05, 3.63) is 51.7 Å². The van der Waals surface area contributed by atoms with E-state index in [0.29, 0.717) is 4.88 Å². The van der Waals surface area contributed by atoms with Gasteiger partial charge in [-0.05, 0) is 50.5 Å². The molecule has 1 aromatic carbocycles. The van der Waals surface area contributed by atoms with Crippen LogP contribution >= 0.6 is 11.3 Å². The predicted molar refractivity (Wildman–Crippen MR) is 109 cm³/mol. The number of aryl methyl sites for hydroxylation is 2. The maximum absolute atomic E-state index is 12.6. The van der Waals surface area contributed by atoms with E-state index in [2.05, 4.69) is 4.72 Å². The fourth-order valence-corrected chi connectivity index (χ4v) is 4.52. The average Bonchev–Trinajstić information content (AvgIpc) is 3.05. The van der Waals surface area contributed by atoms with Gasteiger partial charge in [0.15, 0.2) is 6.61 Å². The summed E-state index contributed by atoms with van der Waals surface area (Å²) in [6, 6.07) is 8.77. The number of Topliss-reactive ketones (excluding diaryl/α,β-unsaturated/α-hetero) is 1. The maximum atomic E-state index is 12.6. The molecule has 0 aliphatic heterocycles. The molecule has 0 amide bonds. The number of carbonyl (C=O) groups excluding carboxylic acids is 2. The Kier molecular flexibility index (Phi) is 7.51. The van der Waals surface area contributed by atoms with Gasteiger partial charge in [0.25, 0.3) is 0 Å². The number of hydrogen-bond donors (Lipinski definition) is 1. The van der Waals surface area contributed by atoms with E-state index in [0.717, 1.165) is 10.4 Å². The number of benzene rings is 1. The van der Waals surface area contributed by atoms with Crippen LogP contribution < -0.4 is 4.72 Å². The van der Waals surface area contributed by atoms with Gasteiger partial charge in [0.2, 0.25) is 15.8 Å². The van der Waals surface area contributed by atoms with Crippen LogP contribution in [0, 0.1) is 19.8 Å². The molecule has 0 saturated carbocycles. The van der Waals surface area contributed by atoms with Gasteiger partial charge in [-0.3, -0.25) is 9.59 Å². The molecule has 6 nitrogen and oxygen atoms in total. The van der Waals surface area contributed by atoms with Crippen molar-refractivity contribution in [1.82, 2.24) is 4.72 Å². The van der Waals surface area contributed by atoms with Crippen LogP contribution in [0.4, 0.5) is 0 Å². The van der Waals surface area contributed by atoms with Crippen molar-refractivity contribution in [2.75, 3.05) is 6.61 Å². The van der Waals surface area contributed by atoms with Crippen LogP contribution in [0.1, 0.15) is 40.4 Å². The Morgan fingerprint density at radius 1 is 1.07 bits per heavy atom. The summed E-state index contributed by atoms with van der Waals surface area (Å²) in [5, 5.41) is 0. The first-order chi connectivity index (χ1) is 13.1. The van der Waals surface area contributed by atoms with Crippen molar-refractivity contribution in [2.24, 2.45) is 5.92 Å². The first-order valence-electron chi connectivity index (χ1n) is 8.94. The van der Waals surface area contributed by atoms with Crippen LogP contribution in [0.3, 0.4) is 0 Å². The minimum Gasteiger partial charge on any atom is -0.456 e. The Hall–Kier alpha value is -2.03. The van der Waals surface area contributed by atoms with Crippen LogP contribution in [-0.4, -0.2) is 32.8 Å². The Morgan fingerprint density at radius 2 is 1.71 bits per heavy atom. The minimum atomic E-state index is -3.89. The average molecular weight is 424 g/mol. The summed E-state index contributed by atoms with van der Waals surface area (Å²) in [6.45, 7) is 7.07. The van der Waals surface area contributed by atoms with Crippen LogP contribution in [-0.2, 0) is 19.6 Å². The van der Waals surface area contributed by atoms with Crippen molar-refractivity contribution < 1.29 is 22.7 Å². The Bertz CT molecular complexity index is 930. The molecule has 2 rings (SSSR count). The van der Waals surface area contributed by atoms with Gasteiger partial charge in [-0.2, -0.15) is 4.72 Å². The molecule has 152 valence electrons. The molecule has 2 aromatic rings. The Labute approximate surface area is 170 Å². The van der Waals surface area contributed by atoms with Crippen molar-refractivity contribution in [1.29, 1.82) is 0 Å². The lowest BCUT2D eigenvalue weighted by molar-refractivity contribution is -0.144. The molecule has 1 atom stereocenters.